The first-order valence-corrected chi connectivity index (χ1v) is 13.6. The highest BCUT2D eigenvalue weighted by Crippen LogP contribution is 2.53. The summed E-state index contributed by atoms with van der Waals surface area (Å²) in [5.74, 6) is 1.99. The maximum Gasteiger partial charge on any atom is 0.00387 e. The number of hydrogen-bond acceptors (Lipinski definition) is 2. The molecule has 0 aromatic carbocycles. The molecule has 0 bridgehead atoms. The van der Waals surface area contributed by atoms with Gasteiger partial charge >= 0.3 is 0 Å². The van der Waals surface area contributed by atoms with E-state index in [9.17, 15) is 0 Å². The molecule has 1 N–H and O–H groups in total. The Morgan fingerprint density at radius 3 is 2.28 bits per heavy atom. The predicted molar refractivity (Wildman–Crippen MR) is 130 cm³/mol. The maximum atomic E-state index is 3.76. The minimum absolute atomic E-state index is 0.714. The van der Waals surface area contributed by atoms with E-state index in [0.29, 0.717) is 6.04 Å². The van der Waals surface area contributed by atoms with Crippen LogP contribution in [0.3, 0.4) is 0 Å². The van der Waals surface area contributed by atoms with E-state index in [1.807, 2.05) is 0 Å². The van der Waals surface area contributed by atoms with Crippen LogP contribution in [0.5, 0.6) is 0 Å². The van der Waals surface area contributed by atoms with Crippen molar-refractivity contribution in [3.63, 3.8) is 0 Å². The standard InChI is InChI=1S/C27H54N2/c1-5-8-10-11-13-25(7-3)15-19-29-20-16-27(17-21-29)22-26(23-27)14-18-28-24(4)12-9-6-2/h24-26,28H,5-23H2,1-4H3. The molecule has 0 aromatic rings. The third-order valence-electron chi connectivity index (χ3n) is 8.29. The molecule has 0 radical (unpaired) electrons. The number of nitrogens with zero attached hydrogens (tertiary/aromatic N) is 1. The lowest BCUT2D eigenvalue weighted by molar-refractivity contribution is -0.0170. The molecule has 2 nitrogen and oxygen atoms in total. The average molecular weight is 407 g/mol. The Morgan fingerprint density at radius 2 is 1.62 bits per heavy atom. The summed E-state index contributed by atoms with van der Waals surface area (Å²) in [6, 6.07) is 0.714. The Hall–Kier alpha value is -0.0800. The predicted octanol–water partition coefficient (Wildman–Crippen LogP) is 7.42. The summed E-state index contributed by atoms with van der Waals surface area (Å²) in [6.45, 7) is 14.8. The summed E-state index contributed by atoms with van der Waals surface area (Å²) in [6.07, 6.45) is 21.5. The van der Waals surface area contributed by atoms with Gasteiger partial charge in [0, 0.05) is 6.04 Å². The van der Waals surface area contributed by atoms with Gasteiger partial charge in [0.15, 0.2) is 0 Å². The molecule has 1 aliphatic heterocycles. The van der Waals surface area contributed by atoms with E-state index in [1.165, 1.54) is 122 Å². The van der Waals surface area contributed by atoms with Gasteiger partial charge in [-0.05, 0) is 95.3 Å². The third-order valence-corrected chi connectivity index (χ3v) is 8.29. The van der Waals surface area contributed by atoms with Gasteiger partial charge in [-0.25, -0.2) is 0 Å². The fourth-order valence-corrected chi connectivity index (χ4v) is 5.95. The van der Waals surface area contributed by atoms with Gasteiger partial charge in [-0.3, -0.25) is 0 Å². The zero-order chi connectivity index (χ0) is 21.0. The van der Waals surface area contributed by atoms with E-state index in [-0.39, 0.29) is 0 Å². The highest BCUT2D eigenvalue weighted by atomic mass is 15.1. The van der Waals surface area contributed by atoms with E-state index in [0.717, 1.165) is 17.3 Å². The molecule has 0 amide bonds. The van der Waals surface area contributed by atoms with Crippen LogP contribution in [-0.2, 0) is 0 Å². The van der Waals surface area contributed by atoms with Crippen LogP contribution in [0.15, 0.2) is 0 Å². The molecular weight excluding hydrogens is 352 g/mol. The molecule has 2 rings (SSSR count). The van der Waals surface area contributed by atoms with Crippen molar-refractivity contribution in [1.82, 2.24) is 10.2 Å². The number of unbranched alkanes of at least 4 members (excludes halogenated alkanes) is 4. The van der Waals surface area contributed by atoms with Crippen LogP contribution in [0, 0.1) is 17.3 Å². The van der Waals surface area contributed by atoms with E-state index in [4.69, 9.17) is 0 Å². The third kappa shape index (κ3) is 9.30. The van der Waals surface area contributed by atoms with Crippen molar-refractivity contribution in [3.05, 3.63) is 0 Å². The van der Waals surface area contributed by atoms with Crippen molar-refractivity contribution in [2.45, 2.75) is 130 Å². The normalized spacial score (nSPS) is 21.9. The Balaban J connectivity index is 1.52. The average Bonchev–Trinajstić information content (AvgIpc) is 2.71. The summed E-state index contributed by atoms with van der Waals surface area (Å²) >= 11 is 0. The highest BCUT2D eigenvalue weighted by molar-refractivity contribution is 4.97. The van der Waals surface area contributed by atoms with Crippen molar-refractivity contribution in [3.8, 4) is 0 Å². The van der Waals surface area contributed by atoms with Crippen LogP contribution in [0.25, 0.3) is 0 Å². The van der Waals surface area contributed by atoms with E-state index >= 15 is 0 Å². The number of likely N-dealkylation sites (tertiary alicyclic amines) is 1. The van der Waals surface area contributed by atoms with Crippen LogP contribution in [-0.4, -0.2) is 37.1 Å². The molecule has 2 heteroatoms. The van der Waals surface area contributed by atoms with Gasteiger partial charge in [0.05, 0.1) is 0 Å². The van der Waals surface area contributed by atoms with Gasteiger partial charge in [0.2, 0.25) is 0 Å². The number of piperidine rings is 1. The fraction of sp³-hybridized carbons (Fsp3) is 1.00. The Morgan fingerprint density at radius 1 is 0.897 bits per heavy atom. The van der Waals surface area contributed by atoms with Crippen LogP contribution in [0.4, 0.5) is 0 Å². The lowest BCUT2D eigenvalue weighted by Crippen LogP contribution is -2.48. The molecule has 0 aromatic heterocycles. The van der Waals surface area contributed by atoms with E-state index in [2.05, 4.69) is 37.9 Å². The molecule has 2 aliphatic rings. The SMILES string of the molecule is CCCCCCC(CC)CCN1CCC2(CC1)CC(CCNC(C)CCCC)C2. The van der Waals surface area contributed by atoms with Crippen molar-refractivity contribution in [1.29, 1.82) is 0 Å². The molecule has 1 saturated carbocycles. The van der Waals surface area contributed by atoms with Gasteiger partial charge in [0.1, 0.15) is 0 Å². The number of nitrogens with one attached hydrogen (secondary N) is 1. The quantitative estimate of drug-likeness (QED) is 0.268. The molecule has 2 fully saturated rings. The second-order valence-electron chi connectivity index (χ2n) is 10.8. The molecule has 1 heterocycles. The number of rotatable bonds is 16. The van der Waals surface area contributed by atoms with E-state index < -0.39 is 0 Å². The first-order valence-electron chi connectivity index (χ1n) is 13.6. The van der Waals surface area contributed by atoms with Gasteiger partial charge in [-0.2, -0.15) is 0 Å². The Labute approximate surface area is 184 Å². The summed E-state index contributed by atoms with van der Waals surface area (Å²) in [4.78, 5) is 2.80. The van der Waals surface area contributed by atoms with Gasteiger partial charge in [-0.15, -0.1) is 0 Å². The van der Waals surface area contributed by atoms with Crippen LogP contribution in [0.2, 0.25) is 0 Å². The zero-order valence-electron chi connectivity index (χ0n) is 20.6. The summed E-state index contributed by atoms with van der Waals surface area (Å²) in [5.41, 5.74) is 0.749. The molecule has 2 atom stereocenters. The van der Waals surface area contributed by atoms with Gasteiger partial charge < -0.3 is 10.2 Å². The minimum Gasteiger partial charge on any atom is -0.314 e. The van der Waals surface area contributed by atoms with Gasteiger partial charge in [-0.1, -0.05) is 72.1 Å². The molecular formula is C27H54N2. The summed E-state index contributed by atoms with van der Waals surface area (Å²) < 4.78 is 0. The van der Waals surface area contributed by atoms with E-state index in [1.54, 1.807) is 0 Å². The van der Waals surface area contributed by atoms with Crippen LogP contribution < -0.4 is 5.32 Å². The molecule has 1 saturated heterocycles. The molecule has 2 unspecified atom stereocenters. The highest BCUT2D eigenvalue weighted by Gasteiger charge is 2.45. The minimum atomic E-state index is 0.714. The monoisotopic (exact) mass is 406 g/mol. The molecule has 1 aliphatic carbocycles. The van der Waals surface area contributed by atoms with Crippen molar-refractivity contribution < 1.29 is 0 Å². The van der Waals surface area contributed by atoms with Crippen LogP contribution in [0.1, 0.15) is 124 Å². The lowest BCUT2D eigenvalue weighted by atomic mass is 9.57. The zero-order valence-corrected chi connectivity index (χ0v) is 20.6. The Bertz CT molecular complexity index is 391. The topological polar surface area (TPSA) is 15.3 Å². The maximum absolute atomic E-state index is 3.76. The van der Waals surface area contributed by atoms with Crippen LogP contribution >= 0.6 is 0 Å². The summed E-state index contributed by atoms with van der Waals surface area (Å²) in [5, 5.41) is 3.76. The lowest BCUT2D eigenvalue weighted by Gasteiger charge is -2.52. The largest absolute Gasteiger partial charge is 0.314 e. The second-order valence-corrected chi connectivity index (χ2v) is 10.8. The first kappa shape index (κ1) is 25.2. The first-order chi connectivity index (χ1) is 14.1. The van der Waals surface area contributed by atoms with Crippen molar-refractivity contribution in [2.75, 3.05) is 26.2 Å². The van der Waals surface area contributed by atoms with Gasteiger partial charge in [0.25, 0.3) is 0 Å². The number of hydrogen-bond donors (Lipinski definition) is 1. The fourth-order valence-electron chi connectivity index (χ4n) is 5.95. The van der Waals surface area contributed by atoms with Crippen molar-refractivity contribution >= 4 is 0 Å². The second kappa shape index (κ2) is 14.1. The van der Waals surface area contributed by atoms with Crippen molar-refractivity contribution in [2.24, 2.45) is 17.3 Å². The molecule has 29 heavy (non-hydrogen) atoms. The molecule has 1 spiro atoms. The smallest absolute Gasteiger partial charge is 0.00387 e. The molecule has 172 valence electrons. The Kier molecular flexibility index (Phi) is 12.2. The summed E-state index contributed by atoms with van der Waals surface area (Å²) in [7, 11) is 0.